The normalized spacial score (nSPS) is 35.3. The van der Waals surface area contributed by atoms with Crippen molar-refractivity contribution in [1.29, 1.82) is 0 Å². The fraction of sp³-hybridized carbons (Fsp3) is 0.500. The van der Waals surface area contributed by atoms with E-state index >= 15 is 0 Å². The van der Waals surface area contributed by atoms with Crippen LogP contribution in [0.3, 0.4) is 0 Å². The van der Waals surface area contributed by atoms with Crippen molar-refractivity contribution in [2.75, 3.05) is 32.9 Å². The van der Waals surface area contributed by atoms with Crippen LogP contribution >= 0.6 is 0 Å². The first-order chi connectivity index (χ1) is 19.5. The van der Waals surface area contributed by atoms with Crippen molar-refractivity contribution in [3.8, 4) is 0 Å². The monoisotopic (exact) mass is 562 g/mol. The second kappa shape index (κ2) is 11.6. The van der Waals surface area contributed by atoms with Gasteiger partial charge in [-0.05, 0) is 60.4 Å². The first kappa shape index (κ1) is 29.3. The number of carbonyl (C=O) groups excluding carboxylic acids is 1. The summed E-state index contributed by atoms with van der Waals surface area (Å²) in [6.45, 7) is 11.8. The molecule has 3 unspecified atom stereocenters. The van der Waals surface area contributed by atoms with Gasteiger partial charge in [-0.2, -0.15) is 0 Å². The average molecular weight is 563 g/mol. The Bertz CT molecular complexity index is 1290. The topological polar surface area (TPSA) is 144 Å². The Morgan fingerprint density at radius 1 is 1.22 bits per heavy atom. The minimum absolute atomic E-state index is 0.0114. The lowest BCUT2D eigenvalue weighted by atomic mass is 9.45. The molecule has 41 heavy (non-hydrogen) atoms. The highest BCUT2D eigenvalue weighted by Gasteiger charge is 2.59. The standard InChI is InChI=1S/C32H42N4O5/c1-20-25(9-6-22-17-24(41-29(22)39)16-21-4-7-23(8-5-21)35-30(33)34)31(2)11-10-28(38)32(3,19-37)27(31)18-26(20)36-12-14-40-15-13-36/h4-9,16-17,25-28,37-38H,1,10-15,18-19H2,2-3H3,(H4,33,34,35)/b9-6+,24-16+/t25?,26?,27?,28-,31-,32+/m1/s1. The van der Waals surface area contributed by atoms with Crippen molar-refractivity contribution in [1.82, 2.24) is 4.90 Å². The van der Waals surface area contributed by atoms with Gasteiger partial charge in [0.05, 0.1) is 37.2 Å². The molecule has 0 spiro atoms. The molecule has 4 aliphatic rings. The zero-order chi connectivity index (χ0) is 29.4. The van der Waals surface area contributed by atoms with Gasteiger partial charge in [0.15, 0.2) is 5.96 Å². The van der Waals surface area contributed by atoms with Gasteiger partial charge in [0.2, 0.25) is 0 Å². The number of cyclic esters (lactones) is 1. The number of allylic oxidation sites excluding steroid dienone is 2. The summed E-state index contributed by atoms with van der Waals surface area (Å²) >= 11 is 0. The molecule has 3 fully saturated rings. The molecule has 0 bridgehead atoms. The molecule has 1 aromatic carbocycles. The maximum absolute atomic E-state index is 12.8. The molecule has 6 N–H and O–H groups in total. The number of rotatable bonds is 6. The highest BCUT2D eigenvalue weighted by molar-refractivity contribution is 5.96. The molecule has 220 valence electrons. The van der Waals surface area contributed by atoms with Crippen molar-refractivity contribution < 1.29 is 24.5 Å². The van der Waals surface area contributed by atoms with Gasteiger partial charge in [0.1, 0.15) is 5.76 Å². The number of guanidine groups is 1. The Morgan fingerprint density at radius 2 is 1.93 bits per heavy atom. The number of aliphatic imine (C=N–C) groups is 1. The van der Waals surface area contributed by atoms with Crippen LogP contribution in [0, 0.1) is 22.7 Å². The predicted molar refractivity (Wildman–Crippen MR) is 159 cm³/mol. The van der Waals surface area contributed by atoms with E-state index in [-0.39, 0.29) is 35.9 Å². The number of fused-ring (bicyclic) bond motifs is 1. The van der Waals surface area contributed by atoms with Gasteiger partial charge in [-0.15, -0.1) is 0 Å². The number of ether oxygens (including phenoxy) is 2. The zero-order valence-corrected chi connectivity index (χ0v) is 24.0. The Labute approximate surface area is 241 Å². The van der Waals surface area contributed by atoms with Crippen molar-refractivity contribution in [3.63, 3.8) is 0 Å². The number of morpholine rings is 1. The van der Waals surface area contributed by atoms with Crippen LogP contribution in [0.5, 0.6) is 0 Å². The molecular weight excluding hydrogens is 520 g/mol. The Kier molecular flexibility index (Phi) is 8.25. The first-order valence-electron chi connectivity index (χ1n) is 14.4. The Balaban J connectivity index is 1.43. The molecule has 0 radical (unpaired) electrons. The lowest BCUT2D eigenvalue weighted by molar-refractivity contribution is -0.156. The number of hydrogen-bond acceptors (Lipinski definition) is 7. The van der Waals surface area contributed by atoms with Gasteiger partial charge >= 0.3 is 5.97 Å². The minimum atomic E-state index is -0.622. The SMILES string of the molecule is C=C1C(N2CCOCC2)CC2[C@](C)(CC[C@@H](O)[C@@]2(C)CO)C1/C=C/C1=CC(=C\c2ccc(N=C(N)N)cc2)/OC1=O. The van der Waals surface area contributed by atoms with E-state index in [0.717, 1.165) is 37.1 Å². The van der Waals surface area contributed by atoms with Crippen molar-refractivity contribution >= 4 is 23.7 Å². The van der Waals surface area contributed by atoms with Gasteiger partial charge in [-0.25, -0.2) is 9.79 Å². The Hall–Kier alpha value is -3.24. The van der Waals surface area contributed by atoms with Crippen LogP contribution in [-0.4, -0.2) is 72.1 Å². The minimum Gasteiger partial charge on any atom is -0.423 e. The number of esters is 1. The number of aliphatic hydroxyl groups is 2. The molecule has 0 aromatic heterocycles. The highest BCUT2D eigenvalue weighted by atomic mass is 16.5. The fourth-order valence-corrected chi connectivity index (χ4v) is 7.44. The highest BCUT2D eigenvalue weighted by Crippen LogP contribution is 2.61. The molecule has 5 rings (SSSR count). The van der Waals surface area contributed by atoms with Crippen LogP contribution < -0.4 is 11.5 Å². The van der Waals surface area contributed by atoms with E-state index in [1.54, 1.807) is 24.3 Å². The molecule has 9 nitrogen and oxygen atoms in total. The number of aliphatic hydroxyl groups excluding tert-OH is 2. The van der Waals surface area contributed by atoms with E-state index in [9.17, 15) is 15.0 Å². The summed E-state index contributed by atoms with van der Waals surface area (Å²) in [4.78, 5) is 19.3. The summed E-state index contributed by atoms with van der Waals surface area (Å²) in [5.74, 6) is 0.0611. The number of carbonyl (C=O) groups is 1. The molecule has 0 amide bonds. The molecule has 2 aliphatic heterocycles. The molecule has 9 heteroatoms. The quantitative estimate of drug-likeness (QED) is 0.179. The summed E-state index contributed by atoms with van der Waals surface area (Å²) in [5.41, 5.74) is 13.1. The van der Waals surface area contributed by atoms with Gasteiger partial charge in [-0.1, -0.05) is 50.3 Å². The zero-order valence-electron chi connectivity index (χ0n) is 24.0. The largest absolute Gasteiger partial charge is 0.423 e. The van der Waals surface area contributed by atoms with E-state index in [1.165, 1.54) is 0 Å². The predicted octanol–water partition coefficient (Wildman–Crippen LogP) is 3.02. The van der Waals surface area contributed by atoms with E-state index < -0.39 is 17.5 Å². The molecule has 2 aliphatic carbocycles. The Morgan fingerprint density at radius 3 is 2.59 bits per heavy atom. The fourth-order valence-electron chi connectivity index (χ4n) is 7.44. The van der Waals surface area contributed by atoms with Gasteiger partial charge in [-0.3, -0.25) is 4.90 Å². The molecule has 2 saturated carbocycles. The number of nitrogens with two attached hydrogens (primary N) is 2. The van der Waals surface area contributed by atoms with E-state index in [0.29, 0.717) is 36.7 Å². The van der Waals surface area contributed by atoms with Gasteiger partial charge in [0, 0.05) is 30.5 Å². The van der Waals surface area contributed by atoms with Gasteiger partial charge < -0.3 is 31.2 Å². The smallest absolute Gasteiger partial charge is 0.343 e. The molecule has 1 aromatic rings. The molecular formula is C32H42N4O5. The van der Waals surface area contributed by atoms with Crippen molar-refractivity contribution in [2.24, 2.45) is 39.1 Å². The van der Waals surface area contributed by atoms with Crippen LogP contribution in [0.4, 0.5) is 5.69 Å². The maximum Gasteiger partial charge on any atom is 0.343 e. The van der Waals surface area contributed by atoms with Gasteiger partial charge in [0.25, 0.3) is 0 Å². The summed E-state index contributed by atoms with van der Waals surface area (Å²) in [6.07, 6.45) is 9.17. The molecule has 1 saturated heterocycles. The molecule has 6 atom stereocenters. The third-order valence-corrected chi connectivity index (χ3v) is 9.81. The summed E-state index contributed by atoms with van der Waals surface area (Å²) in [6, 6.07) is 7.36. The second-order valence-electron chi connectivity index (χ2n) is 12.3. The van der Waals surface area contributed by atoms with E-state index in [1.807, 2.05) is 25.1 Å². The summed E-state index contributed by atoms with van der Waals surface area (Å²) in [7, 11) is 0. The lowest BCUT2D eigenvalue weighted by Crippen LogP contribution is -2.61. The number of benzene rings is 1. The third kappa shape index (κ3) is 5.64. The average Bonchev–Trinajstić information content (AvgIpc) is 3.30. The maximum atomic E-state index is 12.8. The van der Waals surface area contributed by atoms with E-state index in [2.05, 4.69) is 29.5 Å². The molecule has 2 heterocycles. The van der Waals surface area contributed by atoms with E-state index in [4.69, 9.17) is 20.9 Å². The number of hydrogen-bond donors (Lipinski definition) is 4. The van der Waals surface area contributed by atoms with Crippen molar-refractivity contribution in [3.05, 3.63) is 71.5 Å². The number of nitrogens with zero attached hydrogens (tertiary/aromatic N) is 2. The summed E-state index contributed by atoms with van der Waals surface area (Å²) in [5, 5.41) is 21.6. The van der Waals surface area contributed by atoms with Crippen LogP contribution in [0.2, 0.25) is 0 Å². The van der Waals surface area contributed by atoms with Crippen LogP contribution in [0.25, 0.3) is 6.08 Å². The first-order valence-corrected chi connectivity index (χ1v) is 14.4. The van der Waals surface area contributed by atoms with Crippen LogP contribution in [0.15, 0.2) is 71.0 Å². The van der Waals surface area contributed by atoms with Crippen LogP contribution in [0.1, 0.15) is 38.7 Å². The summed E-state index contributed by atoms with van der Waals surface area (Å²) < 4.78 is 11.2. The van der Waals surface area contributed by atoms with Crippen LogP contribution in [-0.2, 0) is 14.3 Å². The second-order valence-corrected chi connectivity index (χ2v) is 12.3. The third-order valence-electron chi connectivity index (χ3n) is 9.81. The van der Waals surface area contributed by atoms with Crippen molar-refractivity contribution in [2.45, 2.75) is 45.3 Å². The lowest BCUT2D eigenvalue weighted by Gasteiger charge is -2.62.